The molecule has 1 aromatic heterocycles. The van der Waals surface area contributed by atoms with E-state index in [1.165, 1.54) is 6.08 Å². The SMILES string of the molecule is O=C1NC(=O)C(=Cc2ccc(-c3cccc(Cl)c3Cl)o2)N1. The Morgan fingerprint density at radius 3 is 2.57 bits per heavy atom. The van der Waals surface area contributed by atoms with Gasteiger partial charge in [-0.2, -0.15) is 0 Å². The van der Waals surface area contributed by atoms with E-state index in [1.807, 2.05) is 0 Å². The minimum atomic E-state index is -0.559. The molecule has 0 bridgehead atoms. The Morgan fingerprint density at radius 2 is 1.86 bits per heavy atom. The number of nitrogens with one attached hydrogen (secondary N) is 2. The average Bonchev–Trinajstić information content (AvgIpc) is 3.01. The van der Waals surface area contributed by atoms with Crippen molar-refractivity contribution in [2.24, 2.45) is 0 Å². The van der Waals surface area contributed by atoms with Gasteiger partial charge in [-0.3, -0.25) is 10.1 Å². The first-order valence-electron chi connectivity index (χ1n) is 5.93. The third-order valence-corrected chi connectivity index (χ3v) is 3.67. The smallest absolute Gasteiger partial charge is 0.326 e. The highest BCUT2D eigenvalue weighted by Crippen LogP contribution is 2.34. The highest BCUT2D eigenvalue weighted by molar-refractivity contribution is 6.43. The fourth-order valence-electron chi connectivity index (χ4n) is 1.89. The summed E-state index contributed by atoms with van der Waals surface area (Å²) in [7, 11) is 0. The van der Waals surface area contributed by atoms with Crippen molar-refractivity contribution in [1.29, 1.82) is 0 Å². The van der Waals surface area contributed by atoms with Crippen molar-refractivity contribution >= 4 is 41.2 Å². The summed E-state index contributed by atoms with van der Waals surface area (Å²) in [6, 6.07) is 8.02. The van der Waals surface area contributed by atoms with Gasteiger partial charge in [-0.05, 0) is 24.3 Å². The van der Waals surface area contributed by atoms with Crippen LogP contribution in [0.1, 0.15) is 5.76 Å². The van der Waals surface area contributed by atoms with Crippen LogP contribution in [-0.2, 0) is 4.79 Å². The molecule has 0 aliphatic carbocycles. The maximum Gasteiger partial charge on any atom is 0.326 e. The first-order valence-corrected chi connectivity index (χ1v) is 6.68. The van der Waals surface area contributed by atoms with E-state index in [-0.39, 0.29) is 5.70 Å². The monoisotopic (exact) mass is 322 g/mol. The summed E-state index contributed by atoms with van der Waals surface area (Å²) >= 11 is 12.1. The Kier molecular flexibility index (Phi) is 3.45. The molecular weight excluding hydrogens is 315 g/mol. The standard InChI is InChI=1S/C14H8Cl2N2O3/c15-9-3-1-2-8(12(9)16)11-5-4-7(21-11)6-10-13(19)18-14(20)17-10/h1-6H,(H2,17,18,19,20). The number of halogens is 2. The minimum absolute atomic E-state index is 0.123. The molecule has 2 aromatic rings. The molecule has 106 valence electrons. The second-order valence-electron chi connectivity index (χ2n) is 4.27. The number of carbonyl (C=O) groups is 2. The number of urea groups is 1. The van der Waals surface area contributed by atoms with Gasteiger partial charge in [-0.25, -0.2) is 4.79 Å². The number of furan rings is 1. The van der Waals surface area contributed by atoms with Crippen molar-refractivity contribution in [3.8, 4) is 11.3 Å². The Labute approximate surface area is 129 Å². The van der Waals surface area contributed by atoms with Crippen LogP contribution in [0, 0.1) is 0 Å². The van der Waals surface area contributed by atoms with E-state index in [0.29, 0.717) is 27.1 Å². The fourth-order valence-corrected chi connectivity index (χ4v) is 2.29. The lowest BCUT2D eigenvalue weighted by atomic mass is 10.2. The maximum absolute atomic E-state index is 11.4. The molecule has 2 heterocycles. The number of amides is 3. The fraction of sp³-hybridized carbons (Fsp3) is 0. The summed E-state index contributed by atoms with van der Waals surface area (Å²) in [4.78, 5) is 22.4. The minimum Gasteiger partial charge on any atom is -0.457 e. The van der Waals surface area contributed by atoms with Crippen molar-refractivity contribution < 1.29 is 14.0 Å². The van der Waals surface area contributed by atoms with Gasteiger partial charge in [0.1, 0.15) is 17.2 Å². The molecule has 5 nitrogen and oxygen atoms in total. The van der Waals surface area contributed by atoms with Crippen LogP contribution < -0.4 is 10.6 Å². The zero-order valence-electron chi connectivity index (χ0n) is 10.4. The van der Waals surface area contributed by atoms with Crippen molar-refractivity contribution in [1.82, 2.24) is 10.6 Å². The molecule has 7 heteroatoms. The predicted octanol–water partition coefficient (Wildman–Crippen LogP) is 3.43. The summed E-state index contributed by atoms with van der Waals surface area (Å²) in [5.41, 5.74) is 0.770. The van der Waals surface area contributed by atoms with Gasteiger partial charge in [-0.1, -0.05) is 29.3 Å². The van der Waals surface area contributed by atoms with Crippen LogP contribution in [0.25, 0.3) is 17.4 Å². The number of hydrogen-bond donors (Lipinski definition) is 2. The van der Waals surface area contributed by atoms with E-state index in [4.69, 9.17) is 27.6 Å². The van der Waals surface area contributed by atoms with Gasteiger partial charge >= 0.3 is 6.03 Å². The molecule has 0 spiro atoms. The van der Waals surface area contributed by atoms with Crippen molar-refractivity contribution in [3.05, 3.63) is 51.8 Å². The van der Waals surface area contributed by atoms with Gasteiger partial charge in [0.05, 0.1) is 10.0 Å². The molecule has 1 fully saturated rings. The summed E-state index contributed by atoms with van der Waals surface area (Å²) in [6.45, 7) is 0. The third kappa shape index (κ3) is 2.66. The highest BCUT2D eigenvalue weighted by atomic mass is 35.5. The van der Waals surface area contributed by atoms with Crippen LogP contribution in [0.4, 0.5) is 4.79 Å². The molecule has 3 rings (SSSR count). The molecule has 2 N–H and O–H groups in total. The summed E-state index contributed by atoms with van der Waals surface area (Å²) < 4.78 is 5.60. The number of benzene rings is 1. The number of carbonyl (C=O) groups excluding carboxylic acids is 2. The van der Waals surface area contributed by atoms with E-state index in [0.717, 1.165) is 0 Å². The lowest BCUT2D eigenvalue weighted by Crippen LogP contribution is -2.22. The van der Waals surface area contributed by atoms with Crippen LogP contribution in [0.15, 0.2) is 40.4 Å². The van der Waals surface area contributed by atoms with Crippen molar-refractivity contribution in [2.75, 3.05) is 0 Å². The van der Waals surface area contributed by atoms with Gasteiger partial charge in [0.2, 0.25) is 0 Å². The van der Waals surface area contributed by atoms with E-state index >= 15 is 0 Å². The first kappa shape index (κ1) is 13.7. The van der Waals surface area contributed by atoms with Crippen LogP contribution >= 0.6 is 23.2 Å². The second kappa shape index (κ2) is 5.27. The van der Waals surface area contributed by atoms with E-state index in [9.17, 15) is 9.59 Å². The van der Waals surface area contributed by atoms with Crippen LogP contribution in [0.2, 0.25) is 10.0 Å². The number of hydrogen-bond acceptors (Lipinski definition) is 3. The molecule has 0 radical (unpaired) electrons. The average molecular weight is 323 g/mol. The maximum atomic E-state index is 11.4. The number of rotatable bonds is 2. The molecule has 1 saturated heterocycles. The van der Waals surface area contributed by atoms with Gasteiger partial charge in [0.25, 0.3) is 5.91 Å². The number of imide groups is 1. The highest BCUT2D eigenvalue weighted by Gasteiger charge is 2.23. The lowest BCUT2D eigenvalue weighted by Gasteiger charge is -2.02. The van der Waals surface area contributed by atoms with Crippen LogP contribution in [0.5, 0.6) is 0 Å². The van der Waals surface area contributed by atoms with Gasteiger partial charge in [-0.15, -0.1) is 0 Å². The van der Waals surface area contributed by atoms with Crippen molar-refractivity contribution in [2.45, 2.75) is 0 Å². The molecule has 1 aliphatic heterocycles. The normalized spacial score (nSPS) is 16.2. The Morgan fingerprint density at radius 1 is 1.05 bits per heavy atom. The van der Waals surface area contributed by atoms with E-state index in [1.54, 1.807) is 30.3 Å². The molecule has 0 unspecified atom stereocenters. The topological polar surface area (TPSA) is 71.3 Å². The zero-order chi connectivity index (χ0) is 15.0. The van der Waals surface area contributed by atoms with Crippen LogP contribution in [-0.4, -0.2) is 11.9 Å². The lowest BCUT2D eigenvalue weighted by molar-refractivity contribution is -0.115. The Balaban J connectivity index is 1.94. The predicted molar refractivity (Wildman–Crippen MR) is 78.8 cm³/mol. The third-order valence-electron chi connectivity index (χ3n) is 2.85. The molecule has 0 saturated carbocycles. The van der Waals surface area contributed by atoms with Crippen molar-refractivity contribution in [3.63, 3.8) is 0 Å². The molecule has 0 atom stereocenters. The van der Waals surface area contributed by atoms with E-state index < -0.39 is 11.9 Å². The molecule has 3 amide bonds. The first-order chi connectivity index (χ1) is 10.0. The molecule has 1 aliphatic rings. The summed E-state index contributed by atoms with van der Waals surface area (Å²) in [6.07, 6.45) is 1.43. The van der Waals surface area contributed by atoms with Gasteiger partial charge in [0.15, 0.2) is 0 Å². The van der Waals surface area contributed by atoms with Gasteiger partial charge < -0.3 is 9.73 Å². The van der Waals surface area contributed by atoms with Crippen LogP contribution in [0.3, 0.4) is 0 Å². The molecule has 21 heavy (non-hydrogen) atoms. The zero-order valence-corrected chi connectivity index (χ0v) is 12.0. The second-order valence-corrected chi connectivity index (χ2v) is 5.05. The van der Waals surface area contributed by atoms with Gasteiger partial charge in [0, 0.05) is 11.6 Å². The summed E-state index contributed by atoms with van der Waals surface area (Å²) in [5, 5.41) is 5.29. The molecular formula is C14H8Cl2N2O3. The Bertz CT molecular complexity index is 780. The van der Waals surface area contributed by atoms with E-state index in [2.05, 4.69) is 10.6 Å². The largest absolute Gasteiger partial charge is 0.457 e. The summed E-state index contributed by atoms with van der Waals surface area (Å²) in [5.74, 6) is 0.422. The Hall–Kier alpha value is -2.24. The quantitative estimate of drug-likeness (QED) is 0.657. The molecule has 1 aromatic carbocycles.